The molecule has 0 saturated heterocycles. The zero-order valence-electron chi connectivity index (χ0n) is 13.6. The molecule has 3 aromatic heterocycles. The van der Waals surface area contributed by atoms with Gasteiger partial charge in [-0.1, -0.05) is 6.07 Å². The van der Waals surface area contributed by atoms with Crippen LogP contribution in [-0.4, -0.2) is 24.2 Å². The number of hydrogen-bond acceptors (Lipinski definition) is 4. The molecule has 0 atom stereocenters. The molecule has 4 rings (SSSR count). The number of aromatic nitrogens is 2. The second-order valence-electron chi connectivity index (χ2n) is 5.91. The zero-order chi connectivity index (χ0) is 17.4. The molecule has 5 nitrogen and oxygen atoms in total. The van der Waals surface area contributed by atoms with E-state index < -0.39 is 9.84 Å². The van der Waals surface area contributed by atoms with E-state index in [1.807, 2.05) is 42.5 Å². The fourth-order valence-electron chi connectivity index (χ4n) is 2.93. The van der Waals surface area contributed by atoms with Crippen LogP contribution in [0.2, 0.25) is 0 Å². The fourth-order valence-corrected chi connectivity index (χ4v) is 3.59. The number of furan rings is 1. The molecule has 25 heavy (non-hydrogen) atoms. The summed E-state index contributed by atoms with van der Waals surface area (Å²) in [6.07, 6.45) is 4.60. The van der Waals surface area contributed by atoms with Gasteiger partial charge in [-0.3, -0.25) is 4.98 Å². The molecule has 0 radical (unpaired) electrons. The highest BCUT2D eigenvalue weighted by atomic mass is 32.2. The Morgan fingerprint density at radius 1 is 1.08 bits per heavy atom. The number of fused-ring (bicyclic) bond motifs is 1. The minimum absolute atomic E-state index is 0.306. The Hall–Kier alpha value is -2.86. The van der Waals surface area contributed by atoms with Crippen molar-refractivity contribution in [1.29, 1.82) is 0 Å². The van der Waals surface area contributed by atoms with Gasteiger partial charge < -0.3 is 8.98 Å². The van der Waals surface area contributed by atoms with Gasteiger partial charge in [0.1, 0.15) is 5.76 Å². The van der Waals surface area contributed by atoms with Crippen molar-refractivity contribution in [3.05, 3.63) is 72.8 Å². The number of benzene rings is 1. The first-order chi connectivity index (χ1) is 12.0. The van der Waals surface area contributed by atoms with Gasteiger partial charge in [0.05, 0.1) is 29.1 Å². The third-order valence-corrected chi connectivity index (χ3v) is 5.23. The SMILES string of the molecule is CS(=O)(=O)c1ccc2c(c1)cc(-c1ccco1)n2Cc1ccccn1. The van der Waals surface area contributed by atoms with Crippen molar-refractivity contribution in [2.45, 2.75) is 11.4 Å². The molecule has 0 aliphatic carbocycles. The second-order valence-corrected chi connectivity index (χ2v) is 7.92. The molecule has 0 spiro atoms. The summed E-state index contributed by atoms with van der Waals surface area (Å²) in [5, 5.41) is 0.852. The van der Waals surface area contributed by atoms with E-state index in [1.54, 1.807) is 24.6 Å². The predicted octanol–water partition coefficient (Wildman–Crippen LogP) is 3.75. The Kier molecular flexibility index (Phi) is 3.69. The summed E-state index contributed by atoms with van der Waals surface area (Å²) in [7, 11) is -3.26. The van der Waals surface area contributed by atoms with E-state index in [4.69, 9.17) is 4.42 Å². The van der Waals surface area contributed by atoms with Crippen molar-refractivity contribution in [2.24, 2.45) is 0 Å². The molecule has 0 aliphatic rings. The Labute approximate surface area is 145 Å². The summed E-state index contributed by atoms with van der Waals surface area (Å²) in [5.74, 6) is 0.730. The van der Waals surface area contributed by atoms with Crippen molar-refractivity contribution >= 4 is 20.7 Å². The Bertz CT molecular complexity index is 1130. The van der Waals surface area contributed by atoms with Gasteiger partial charge in [0, 0.05) is 23.4 Å². The van der Waals surface area contributed by atoms with Crippen LogP contribution in [0, 0.1) is 0 Å². The van der Waals surface area contributed by atoms with Crippen LogP contribution in [0.15, 0.2) is 76.4 Å². The van der Waals surface area contributed by atoms with Crippen LogP contribution in [0.4, 0.5) is 0 Å². The van der Waals surface area contributed by atoms with Crippen LogP contribution in [0.25, 0.3) is 22.4 Å². The lowest BCUT2D eigenvalue weighted by atomic mass is 10.2. The molecule has 0 fully saturated rings. The molecule has 3 heterocycles. The number of hydrogen-bond donors (Lipinski definition) is 0. The molecule has 0 N–H and O–H groups in total. The minimum atomic E-state index is -3.26. The summed E-state index contributed by atoms with van der Waals surface area (Å²) in [4.78, 5) is 4.70. The molecule has 0 saturated carbocycles. The zero-order valence-corrected chi connectivity index (χ0v) is 14.4. The average Bonchev–Trinajstić information content (AvgIpc) is 3.23. The van der Waals surface area contributed by atoms with Gasteiger partial charge >= 0.3 is 0 Å². The first kappa shape index (κ1) is 15.7. The van der Waals surface area contributed by atoms with Crippen LogP contribution in [0.1, 0.15) is 5.69 Å². The highest BCUT2D eigenvalue weighted by Crippen LogP contribution is 2.30. The molecule has 126 valence electrons. The minimum Gasteiger partial charge on any atom is -0.463 e. The van der Waals surface area contributed by atoms with E-state index in [0.29, 0.717) is 11.4 Å². The maximum atomic E-state index is 11.9. The van der Waals surface area contributed by atoms with Crippen molar-refractivity contribution in [3.8, 4) is 11.5 Å². The normalized spacial score (nSPS) is 11.9. The lowest BCUT2D eigenvalue weighted by Crippen LogP contribution is -2.03. The van der Waals surface area contributed by atoms with E-state index in [2.05, 4.69) is 9.55 Å². The number of pyridine rings is 1. The van der Waals surface area contributed by atoms with Gasteiger partial charge in [0.2, 0.25) is 0 Å². The molecular formula is C19H16N2O3S. The highest BCUT2D eigenvalue weighted by Gasteiger charge is 2.16. The lowest BCUT2D eigenvalue weighted by Gasteiger charge is -2.09. The van der Waals surface area contributed by atoms with Gasteiger partial charge in [0.25, 0.3) is 0 Å². The third-order valence-electron chi connectivity index (χ3n) is 4.12. The molecule has 0 unspecified atom stereocenters. The molecule has 0 bridgehead atoms. The van der Waals surface area contributed by atoms with Crippen molar-refractivity contribution in [2.75, 3.05) is 6.26 Å². The van der Waals surface area contributed by atoms with Crippen molar-refractivity contribution in [3.63, 3.8) is 0 Å². The van der Waals surface area contributed by atoms with E-state index in [-0.39, 0.29) is 0 Å². The Balaban J connectivity index is 1.93. The van der Waals surface area contributed by atoms with Crippen LogP contribution < -0.4 is 0 Å². The average molecular weight is 352 g/mol. The standard InChI is InChI=1S/C19H16N2O3S/c1-25(22,23)16-7-8-17-14(11-16)12-18(19-6-4-10-24-19)21(17)13-15-5-2-3-9-20-15/h2-12H,13H2,1H3. The van der Waals surface area contributed by atoms with Crippen LogP contribution in [-0.2, 0) is 16.4 Å². The Morgan fingerprint density at radius 3 is 2.64 bits per heavy atom. The van der Waals surface area contributed by atoms with Crippen LogP contribution >= 0.6 is 0 Å². The smallest absolute Gasteiger partial charge is 0.175 e. The Morgan fingerprint density at radius 2 is 1.96 bits per heavy atom. The summed E-state index contributed by atoms with van der Waals surface area (Å²) in [5.41, 5.74) is 2.74. The van der Waals surface area contributed by atoms with E-state index in [1.165, 1.54) is 6.26 Å². The van der Waals surface area contributed by atoms with Gasteiger partial charge in [-0.25, -0.2) is 8.42 Å². The highest BCUT2D eigenvalue weighted by molar-refractivity contribution is 7.90. The molecular weight excluding hydrogens is 336 g/mol. The number of sulfone groups is 1. The predicted molar refractivity (Wildman–Crippen MR) is 96.1 cm³/mol. The summed E-state index contributed by atoms with van der Waals surface area (Å²) in [6.45, 7) is 0.568. The van der Waals surface area contributed by atoms with Crippen molar-refractivity contribution in [1.82, 2.24) is 9.55 Å². The van der Waals surface area contributed by atoms with Gasteiger partial charge in [-0.05, 0) is 48.5 Å². The van der Waals surface area contributed by atoms with Gasteiger partial charge in [-0.15, -0.1) is 0 Å². The topological polar surface area (TPSA) is 65.1 Å². The largest absolute Gasteiger partial charge is 0.463 e. The first-order valence-electron chi connectivity index (χ1n) is 7.79. The van der Waals surface area contributed by atoms with E-state index >= 15 is 0 Å². The maximum Gasteiger partial charge on any atom is 0.175 e. The van der Waals surface area contributed by atoms with Crippen LogP contribution in [0.5, 0.6) is 0 Å². The quantitative estimate of drug-likeness (QED) is 0.561. The van der Waals surface area contributed by atoms with E-state index in [9.17, 15) is 8.42 Å². The molecule has 4 aromatic rings. The summed E-state index contributed by atoms with van der Waals surface area (Å²) in [6, 6.07) is 16.6. The van der Waals surface area contributed by atoms with Crippen LogP contribution in [0.3, 0.4) is 0 Å². The van der Waals surface area contributed by atoms with Gasteiger partial charge in [0.15, 0.2) is 9.84 Å². The fraction of sp³-hybridized carbons (Fsp3) is 0.105. The monoisotopic (exact) mass is 352 g/mol. The summed E-state index contributed by atoms with van der Waals surface area (Å²) < 4.78 is 31.4. The maximum absolute atomic E-state index is 11.9. The summed E-state index contributed by atoms with van der Waals surface area (Å²) >= 11 is 0. The molecule has 1 aromatic carbocycles. The third kappa shape index (κ3) is 2.96. The first-order valence-corrected chi connectivity index (χ1v) is 9.69. The number of nitrogens with zero attached hydrogens (tertiary/aromatic N) is 2. The van der Waals surface area contributed by atoms with Crippen molar-refractivity contribution < 1.29 is 12.8 Å². The molecule has 6 heteroatoms. The molecule has 0 aliphatic heterocycles. The van der Waals surface area contributed by atoms with Gasteiger partial charge in [-0.2, -0.15) is 0 Å². The number of rotatable bonds is 4. The lowest BCUT2D eigenvalue weighted by molar-refractivity contribution is 0.575. The second kappa shape index (κ2) is 5.89. The van der Waals surface area contributed by atoms with E-state index in [0.717, 1.165) is 28.1 Å². The molecule has 0 amide bonds.